The van der Waals surface area contributed by atoms with E-state index in [1.54, 1.807) is 6.07 Å². The Bertz CT molecular complexity index is 636. The molecule has 0 bridgehead atoms. The number of nitrogens with one attached hydrogen (secondary N) is 1. The van der Waals surface area contributed by atoms with Crippen molar-refractivity contribution in [2.45, 2.75) is 28.9 Å². The van der Waals surface area contributed by atoms with Gasteiger partial charge in [0, 0.05) is 10.5 Å². The normalized spacial score (nSPS) is 14.6. The van der Waals surface area contributed by atoms with Gasteiger partial charge >= 0.3 is 0 Å². The fourth-order valence-corrected chi connectivity index (χ4v) is 3.10. The molecule has 2 aromatic rings. The summed E-state index contributed by atoms with van der Waals surface area (Å²) in [6.45, 7) is 0. The zero-order chi connectivity index (χ0) is 13.4. The molecule has 0 aliphatic heterocycles. The summed E-state index contributed by atoms with van der Waals surface area (Å²) in [5.41, 5.74) is 6.11. The SMILES string of the molecule is N=C(N)c1c(Cl)cccc1Sc1nnnn1C1CC1. The van der Waals surface area contributed by atoms with E-state index >= 15 is 0 Å². The van der Waals surface area contributed by atoms with E-state index in [1.807, 2.05) is 16.8 Å². The van der Waals surface area contributed by atoms with Crippen molar-refractivity contribution < 1.29 is 0 Å². The molecule has 1 aliphatic carbocycles. The van der Waals surface area contributed by atoms with Gasteiger partial charge in [-0.2, -0.15) is 0 Å². The Morgan fingerprint density at radius 1 is 1.47 bits per heavy atom. The van der Waals surface area contributed by atoms with E-state index in [2.05, 4.69) is 15.5 Å². The largest absolute Gasteiger partial charge is 0.384 e. The summed E-state index contributed by atoms with van der Waals surface area (Å²) >= 11 is 7.47. The lowest BCUT2D eigenvalue weighted by molar-refractivity contribution is 0.565. The number of hydrogen-bond donors (Lipinski definition) is 2. The molecular weight excluding hydrogens is 284 g/mol. The van der Waals surface area contributed by atoms with Crippen molar-refractivity contribution in [3.63, 3.8) is 0 Å². The number of rotatable bonds is 4. The molecule has 1 fully saturated rings. The average Bonchev–Trinajstić information content (AvgIpc) is 3.10. The van der Waals surface area contributed by atoms with Crippen molar-refractivity contribution in [1.82, 2.24) is 20.2 Å². The monoisotopic (exact) mass is 294 g/mol. The Hall–Kier alpha value is -1.60. The molecule has 6 nitrogen and oxygen atoms in total. The maximum atomic E-state index is 7.62. The van der Waals surface area contributed by atoms with Gasteiger partial charge in [-0.25, -0.2) is 4.68 Å². The first-order valence-corrected chi connectivity index (χ1v) is 6.95. The number of nitrogens with two attached hydrogens (primary N) is 1. The third-order valence-electron chi connectivity index (χ3n) is 2.80. The second-order valence-electron chi connectivity index (χ2n) is 4.27. The maximum Gasteiger partial charge on any atom is 0.214 e. The second-order valence-corrected chi connectivity index (χ2v) is 5.68. The highest BCUT2D eigenvalue weighted by Gasteiger charge is 2.28. The maximum absolute atomic E-state index is 7.62. The first-order valence-electron chi connectivity index (χ1n) is 5.75. The molecule has 3 rings (SSSR count). The summed E-state index contributed by atoms with van der Waals surface area (Å²) in [5.74, 6) is -0.0569. The molecular formula is C11H11ClN6S. The second kappa shape index (κ2) is 4.82. The number of aromatic nitrogens is 4. The molecule has 1 aromatic carbocycles. The standard InChI is InChI=1S/C11H11ClN6S/c12-7-2-1-3-8(9(7)10(13)14)19-11-15-16-17-18(11)6-4-5-6/h1-3,6H,4-5H2,(H3,13,14). The lowest BCUT2D eigenvalue weighted by atomic mass is 10.2. The van der Waals surface area contributed by atoms with Crippen molar-refractivity contribution in [1.29, 1.82) is 5.41 Å². The van der Waals surface area contributed by atoms with E-state index in [-0.39, 0.29) is 5.84 Å². The minimum absolute atomic E-state index is 0.0569. The highest BCUT2D eigenvalue weighted by molar-refractivity contribution is 7.99. The molecule has 1 heterocycles. The third-order valence-corrected chi connectivity index (χ3v) is 4.13. The van der Waals surface area contributed by atoms with Gasteiger partial charge in [-0.15, -0.1) is 5.10 Å². The smallest absolute Gasteiger partial charge is 0.214 e. The molecule has 0 atom stereocenters. The molecule has 0 saturated heterocycles. The Morgan fingerprint density at radius 2 is 2.26 bits per heavy atom. The molecule has 1 aromatic heterocycles. The van der Waals surface area contributed by atoms with Gasteiger partial charge in [-0.1, -0.05) is 17.7 Å². The summed E-state index contributed by atoms with van der Waals surface area (Å²) in [6, 6.07) is 5.80. The van der Waals surface area contributed by atoms with E-state index in [4.69, 9.17) is 22.7 Å². The van der Waals surface area contributed by atoms with Crippen molar-refractivity contribution >= 4 is 29.2 Å². The van der Waals surface area contributed by atoms with Gasteiger partial charge in [0.15, 0.2) is 0 Å². The van der Waals surface area contributed by atoms with Gasteiger partial charge in [-0.3, -0.25) is 5.41 Å². The first kappa shape index (κ1) is 12.4. The fourth-order valence-electron chi connectivity index (χ4n) is 1.75. The number of amidine groups is 1. The molecule has 0 radical (unpaired) electrons. The molecule has 0 amide bonds. The van der Waals surface area contributed by atoms with Gasteiger partial charge in [0.05, 0.1) is 11.1 Å². The average molecular weight is 295 g/mol. The van der Waals surface area contributed by atoms with Gasteiger partial charge in [0.1, 0.15) is 5.84 Å². The summed E-state index contributed by atoms with van der Waals surface area (Å²) < 4.78 is 1.81. The van der Waals surface area contributed by atoms with Crippen LogP contribution in [0.3, 0.4) is 0 Å². The van der Waals surface area contributed by atoms with Crippen LogP contribution in [0.1, 0.15) is 24.4 Å². The zero-order valence-corrected chi connectivity index (χ0v) is 11.4. The van der Waals surface area contributed by atoms with Crippen LogP contribution in [0.2, 0.25) is 5.02 Å². The third kappa shape index (κ3) is 2.43. The number of nitrogens with zero attached hydrogens (tertiary/aromatic N) is 4. The van der Waals surface area contributed by atoms with E-state index in [0.717, 1.165) is 17.7 Å². The van der Waals surface area contributed by atoms with Crippen molar-refractivity contribution in [3.8, 4) is 0 Å². The highest BCUT2D eigenvalue weighted by atomic mass is 35.5. The van der Waals surface area contributed by atoms with Crippen LogP contribution >= 0.6 is 23.4 Å². The number of nitrogen functional groups attached to an aromatic ring is 1. The number of benzene rings is 1. The molecule has 0 spiro atoms. The molecule has 0 unspecified atom stereocenters. The van der Waals surface area contributed by atoms with E-state index in [9.17, 15) is 0 Å². The molecule has 1 saturated carbocycles. The minimum Gasteiger partial charge on any atom is -0.384 e. The van der Waals surface area contributed by atoms with Crippen LogP contribution in [0.5, 0.6) is 0 Å². The van der Waals surface area contributed by atoms with E-state index in [0.29, 0.717) is 21.8 Å². The first-order chi connectivity index (χ1) is 9.16. The minimum atomic E-state index is -0.0569. The van der Waals surface area contributed by atoms with Gasteiger partial charge in [0.25, 0.3) is 0 Å². The topological polar surface area (TPSA) is 93.5 Å². The molecule has 1 aliphatic rings. The van der Waals surface area contributed by atoms with E-state index in [1.165, 1.54) is 11.8 Å². The van der Waals surface area contributed by atoms with E-state index < -0.39 is 0 Å². The van der Waals surface area contributed by atoms with Crippen LogP contribution in [0.4, 0.5) is 0 Å². The van der Waals surface area contributed by atoms with Crippen molar-refractivity contribution in [3.05, 3.63) is 28.8 Å². The summed E-state index contributed by atoms with van der Waals surface area (Å²) in [6.07, 6.45) is 2.21. The summed E-state index contributed by atoms with van der Waals surface area (Å²) in [5, 5.41) is 20.5. The quantitative estimate of drug-likeness (QED) is 0.665. The Labute approximate surface area is 118 Å². The Balaban J connectivity index is 1.97. The Morgan fingerprint density at radius 3 is 2.95 bits per heavy atom. The Kier molecular flexibility index (Phi) is 3.16. The predicted octanol–water partition coefficient (Wildman–Crippen LogP) is 2.10. The van der Waals surface area contributed by atoms with Gasteiger partial charge in [0.2, 0.25) is 5.16 Å². The van der Waals surface area contributed by atoms with Gasteiger partial charge in [-0.05, 0) is 47.2 Å². The van der Waals surface area contributed by atoms with Crippen LogP contribution in [-0.2, 0) is 0 Å². The molecule has 8 heteroatoms. The zero-order valence-electron chi connectivity index (χ0n) is 9.88. The summed E-state index contributed by atoms with van der Waals surface area (Å²) in [7, 11) is 0. The van der Waals surface area contributed by atoms with Crippen LogP contribution < -0.4 is 5.73 Å². The summed E-state index contributed by atoms with van der Waals surface area (Å²) in [4.78, 5) is 0.789. The van der Waals surface area contributed by atoms with Crippen molar-refractivity contribution in [2.24, 2.45) is 5.73 Å². The number of halogens is 1. The predicted molar refractivity (Wildman–Crippen MR) is 72.7 cm³/mol. The molecule has 98 valence electrons. The van der Waals surface area contributed by atoms with Crippen LogP contribution in [0.15, 0.2) is 28.3 Å². The van der Waals surface area contributed by atoms with Crippen LogP contribution in [0, 0.1) is 5.41 Å². The number of hydrogen-bond acceptors (Lipinski definition) is 5. The lowest BCUT2D eigenvalue weighted by Gasteiger charge is -2.09. The molecule has 3 N–H and O–H groups in total. The van der Waals surface area contributed by atoms with Crippen molar-refractivity contribution in [2.75, 3.05) is 0 Å². The molecule has 19 heavy (non-hydrogen) atoms. The lowest BCUT2D eigenvalue weighted by Crippen LogP contribution is -2.13. The highest BCUT2D eigenvalue weighted by Crippen LogP contribution is 2.39. The van der Waals surface area contributed by atoms with Crippen LogP contribution in [0.25, 0.3) is 0 Å². The van der Waals surface area contributed by atoms with Crippen LogP contribution in [-0.4, -0.2) is 26.0 Å². The fraction of sp³-hybridized carbons (Fsp3) is 0.273. The van der Waals surface area contributed by atoms with Gasteiger partial charge < -0.3 is 5.73 Å². The number of tetrazole rings is 1.